The van der Waals surface area contributed by atoms with Gasteiger partial charge in [0.05, 0.1) is 0 Å². The molecule has 0 spiro atoms. The number of benzene rings is 1. The first-order valence-electron chi connectivity index (χ1n) is 7.15. The van der Waals surface area contributed by atoms with Crippen LogP contribution in [-0.4, -0.2) is 6.54 Å². The van der Waals surface area contributed by atoms with Crippen molar-refractivity contribution < 1.29 is 0 Å². The molecule has 0 saturated heterocycles. The van der Waals surface area contributed by atoms with Crippen molar-refractivity contribution in [1.82, 2.24) is 5.32 Å². The van der Waals surface area contributed by atoms with Crippen LogP contribution in [0.3, 0.4) is 0 Å². The molecule has 0 aromatic heterocycles. The Kier molecular flexibility index (Phi) is 7.74. The topological polar surface area (TPSA) is 12.0 Å². The van der Waals surface area contributed by atoms with Gasteiger partial charge >= 0.3 is 0 Å². The summed E-state index contributed by atoms with van der Waals surface area (Å²) in [7, 11) is 0. The van der Waals surface area contributed by atoms with Crippen LogP contribution >= 0.6 is 0 Å². The molecule has 0 unspecified atom stereocenters. The van der Waals surface area contributed by atoms with Crippen molar-refractivity contribution in [3.63, 3.8) is 0 Å². The van der Waals surface area contributed by atoms with E-state index in [2.05, 4.69) is 43.4 Å². The average molecular weight is 233 g/mol. The summed E-state index contributed by atoms with van der Waals surface area (Å²) in [6.07, 6.45) is 7.75. The van der Waals surface area contributed by atoms with Crippen LogP contribution in [0.5, 0.6) is 0 Å². The van der Waals surface area contributed by atoms with Crippen LogP contribution < -0.4 is 5.32 Å². The zero-order valence-corrected chi connectivity index (χ0v) is 11.5. The number of nitrogens with one attached hydrogen (secondary N) is 1. The molecule has 96 valence electrons. The Hall–Kier alpha value is -0.820. The van der Waals surface area contributed by atoms with Crippen LogP contribution in [0.2, 0.25) is 0 Å². The summed E-state index contributed by atoms with van der Waals surface area (Å²) in [6.45, 7) is 6.63. The van der Waals surface area contributed by atoms with E-state index in [1.807, 2.05) is 0 Å². The van der Waals surface area contributed by atoms with Gasteiger partial charge in [-0.15, -0.1) is 0 Å². The van der Waals surface area contributed by atoms with E-state index in [9.17, 15) is 0 Å². The van der Waals surface area contributed by atoms with Gasteiger partial charge < -0.3 is 5.32 Å². The predicted octanol–water partition coefficient (Wildman–Crippen LogP) is 4.31. The molecule has 0 heterocycles. The maximum atomic E-state index is 3.47. The van der Waals surface area contributed by atoms with E-state index in [-0.39, 0.29) is 0 Å². The maximum absolute atomic E-state index is 3.47. The average Bonchev–Trinajstić information content (AvgIpc) is 2.37. The molecule has 0 saturated carbocycles. The Morgan fingerprint density at radius 2 is 1.47 bits per heavy atom. The summed E-state index contributed by atoms with van der Waals surface area (Å²) < 4.78 is 0. The Morgan fingerprint density at radius 1 is 0.824 bits per heavy atom. The number of hydrogen-bond donors (Lipinski definition) is 1. The van der Waals surface area contributed by atoms with Crippen LogP contribution in [-0.2, 0) is 13.0 Å². The molecule has 0 aliphatic carbocycles. The molecule has 1 N–H and O–H groups in total. The minimum absolute atomic E-state index is 1.01. The molecule has 1 aromatic carbocycles. The molecule has 0 atom stereocenters. The van der Waals surface area contributed by atoms with Gasteiger partial charge in [-0.25, -0.2) is 0 Å². The van der Waals surface area contributed by atoms with Gasteiger partial charge in [0.1, 0.15) is 0 Å². The molecular formula is C16H27N. The van der Waals surface area contributed by atoms with Crippen molar-refractivity contribution in [3.05, 3.63) is 35.4 Å². The van der Waals surface area contributed by atoms with E-state index in [0.717, 1.165) is 13.1 Å². The molecule has 0 amide bonds. The summed E-state index contributed by atoms with van der Waals surface area (Å²) in [5, 5.41) is 3.47. The minimum atomic E-state index is 1.01. The van der Waals surface area contributed by atoms with E-state index in [1.165, 1.54) is 49.7 Å². The molecule has 0 fully saturated rings. The lowest BCUT2D eigenvalue weighted by atomic mass is 10.1. The van der Waals surface area contributed by atoms with Crippen molar-refractivity contribution in [2.24, 2.45) is 0 Å². The first kappa shape index (κ1) is 14.2. The van der Waals surface area contributed by atoms with Crippen LogP contribution in [0, 0.1) is 0 Å². The van der Waals surface area contributed by atoms with E-state index in [4.69, 9.17) is 0 Å². The Morgan fingerprint density at radius 3 is 2.12 bits per heavy atom. The van der Waals surface area contributed by atoms with Gasteiger partial charge in [-0.05, 0) is 36.9 Å². The highest BCUT2D eigenvalue weighted by Gasteiger charge is 1.95. The van der Waals surface area contributed by atoms with Gasteiger partial charge in [0.15, 0.2) is 0 Å². The van der Waals surface area contributed by atoms with E-state index < -0.39 is 0 Å². The van der Waals surface area contributed by atoms with Gasteiger partial charge in [0, 0.05) is 6.54 Å². The third kappa shape index (κ3) is 6.48. The van der Waals surface area contributed by atoms with Gasteiger partial charge in [0.2, 0.25) is 0 Å². The Labute approximate surface area is 107 Å². The SMILES string of the molecule is CCCCCc1ccc(CNCCCC)cc1. The molecule has 0 bridgehead atoms. The summed E-state index contributed by atoms with van der Waals surface area (Å²) in [6, 6.07) is 9.10. The highest BCUT2D eigenvalue weighted by atomic mass is 14.8. The third-order valence-electron chi connectivity index (χ3n) is 3.13. The smallest absolute Gasteiger partial charge is 0.0205 e. The van der Waals surface area contributed by atoms with Crippen LogP contribution in [0.25, 0.3) is 0 Å². The van der Waals surface area contributed by atoms with E-state index in [1.54, 1.807) is 0 Å². The van der Waals surface area contributed by atoms with Crippen molar-refractivity contribution in [3.8, 4) is 0 Å². The second kappa shape index (κ2) is 9.23. The van der Waals surface area contributed by atoms with Gasteiger partial charge in [-0.1, -0.05) is 57.4 Å². The van der Waals surface area contributed by atoms with Gasteiger partial charge in [-0.2, -0.15) is 0 Å². The predicted molar refractivity (Wildman–Crippen MR) is 76.3 cm³/mol. The molecule has 1 rings (SSSR count). The second-order valence-electron chi connectivity index (χ2n) is 4.80. The first-order valence-corrected chi connectivity index (χ1v) is 7.15. The highest BCUT2D eigenvalue weighted by molar-refractivity contribution is 5.22. The molecule has 0 aliphatic heterocycles. The van der Waals surface area contributed by atoms with Gasteiger partial charge in [-0.3, -0.25) is 0 Å². The van der Waals surface area contributed by atoms with Crippen LogP contribution in [0.1, 0.15) is 57.1 Å². The molecular weight excluding hydrogens is 206 g/mol. The van der Waals surface area contributed by atoms with Crippen LogP contribution in [0.15, 0.2) is 24.3 Å². The lowest BCUT2D eigenvalue weighted by Gasteiger charge is -2.05. The summed E-state index contributed by atoms with van der Waals surface area (Å²) in [5.41, 5.74) is 2.89. The number of aryl methyl sites for hydroxylation is 1. The maximum Gasteiger partial charge on any atom is 0.0205 e. The largest absolute Gasteiger partial charge is 0.313 e. The monoisotopic (exact) mass is 233 g/mol. The number of unbranched alkanes of at least 4 members (excludes halogenated alkanes) is 3. The molecule has 0 radical (unpaired) electrons. The highest BCUT2D eigenvalue weighted by Crippen LogP contribution is 2.08. The quantitative estimate of drug-likeness (QED) is 0.627. The second-order valence-corrected chi connectivity index (χ2v) is 4.80. The number of rotatable bonds is 9. The molecule has 1 nitrogen and oxygen atoms in total. The Balaban J connectivity index is 2.24. The molecule has 17 heavy (non-hydrogen) atoms. The van der Waals surface area contributed by atoms with Crippen molar-refractivity contribution in [2.45, 2.75) is 58.9 Å². The van der Waals surface area contributed by atoms with Crippen LogP contribution in [0.4, 0.5) is 0 Å². The standard InChI is InChI=1S/C16H27N/c1-3-5-7-8-15-9-11-16(12-10-15)14-17-13-6-4-2/h9-12,17H,3-8,13-14H2,1-2H3. The van der Waals surface area contributed by atoms with Crippen molar-refractivity contribution in [1.29, 1.82) is 0 Å². The zero-order valence-electron chi connectivity index (χ0n) is 11.5. The summed E-state index contributed by atoms with van der Waals surface area (Å²) >= 11 is 0. The Bertz CT molecular complexity index is 276. The summed E-state index contributed by atoms with van der Waals surface area (Å²) in [4.78, 5) is 0. The lowest BCUT2D eigenvalue weighted by Crippen LogP contribution is -2.14. The molecule has 0 aliphatic rings. The fraction of sp³-hybridized carbons (Fsp3) is 0.625. The normalized spacial score (nSPS) is 10.7. The first-order chi connectivity index (χ1) is 8.36. The fourth-order valence-corrected chi connectivity index (χ4v) is 1.94. The number of hydrogen-bond acceptors (Lipinski definition) is 1. The van der Waals surface area contributed by atoms with Crippen molar-refractivity contribution in [2.75, 3.05) is 6.54 Å². The van der Waals surface area contributed by atoms with Gasteiger partial charge in [0.25, 0.3) is 0 Å². The third-order valence-corrected chi connectivity index (χ3v) is 3.13. The van der Waals surface area contributed by atoms with E-state index >= 15 is 0 Å². The van der Waals surface area contributed by atoms with E-state index in [0.29, 0.717) is 0 Å². The van der Waals surface area contributed by atoms with Crippen molar-refractivity contribution >= 4 is 0 Å². The fourth-order valence-electron chi connectivity index (χ4n) is 1.94. The minimum Gasteiger partial charge on any atom is -0.313 e. The molecule has 1 aromatic rings. The molecule has 1 heteroatoms. The summed E-state index contributed by atoms with van der Waals surface area (Å²) in [5.74, 6) is 0. The zero-order chi connectivity index (χ0) is 12.3. The lowest BCUT2D eigenvalue weighted by molar-refractivity contribution is 0.641.